The molecule has 1 amide bonds. The van der Waals surface area contributed by atoms with Gasteiger partial charge in [0.1, 0.15) is 0 Å². The predicted octanol–water partition coefficient (Wildman–Crippen LogP) is 0.828. The summed E-state index contributed by atoms with van der Waals surface area (Å²) in [5, 5.41) is 15.2. The molecular weight excluding hydrogens is 158 g/mol. The van der Waals surface area contributed by atoms with E-state index in [-0.39, 0.29) is 0 Å². The van der Waals surface area contributed by atoms with Crippen molar-refractivity contribution in [2.24, 2.45) is 0 Å². The van der Waals surface area contributed by atoms with E-state index < -0.39 is 6.09 Å². The van der Waals surface area contributed by atoms with Crippen molar-refractivity contribution in [3.05, 3.63) is 17.5 Å². The minimum atomic E-state index is -0.948. The van der Waals surface area contributed by atoms with Gasteiger partial charge in [-0.25, -0.2) is 4.79 Å². The number of hydrogen-bond donors (Lipinski definition) is 2. The van der Waals surface area contributed by atoms with Gasteiger partial charge in [0.05, 0.1) is 12.2 Å². The number of amides is 1. The zero-order valence-corrected chi connectivity index (χ0v) is 7.03. The van der Waals surface area contributed by atoms with Crippen molar-refractivity contribution in [1.29, 1.82) is 0 Å². The van der Waals surface area contributed by atoms with E-state index in [1.807, 2.05) is 13.0 Å². The number of aryl methyl sites for hydroxylation is 1. The zero-order valence-electron chi connectivity index (χ0n) is 7.03. The van der Waals surface area contributed by atoms with Gasteiger partial charge < -0.3 is 10.0 Å². The molecule has 0 saturated carbocycles. The maximum atomic E-state index is 10.4. The molecule has 0 aromatic carbocycles. The van der Waals surface area contributed by atoms with Crippen LogP contribution in [0.15, 0.2) is 6.07 Å². The van der Waals surface area contributed by atoms with Gasteiger partial charge in [-0.2, -0.15) is 5.10 Å². The fraction of sp³-hybridized carbons (Fsp3) is 0.429. The molecule has 0 fully saturated rings. The van der Waals surface area contributed by atoms with Gasteiger partial charge in [-0.15, -0.1) is 0 Å². The number of carboxylic acid groups (broad SMARTS) is 1. The van der Waals surface area contributed by atoms with Crippen LogP contribution in [0.2, 0.25) is 0 Å². The molecule has 66 valence electrons. The van der Waals surface area contributed by atoms with Gasteiger partial charge in [-0.05, 0) is 13.0 Å². The first kappa shape index (κ1) is 8.58. The molecule has 0 spiro atoms. The van der Waals surface area contributed by atoms with E-state index in [0.29, 0.717) is 6.54 Å². The summed E-state index contributed by atoms with van der Waals surface area (Å²) in [5.74, 6) is 0. The first-order valence-corrected chi connectivity index (χ1v) is 3.54. The van der Waals surface area contributed by atoms with E-state index in [1.54, 1.807) is 0 Å². The maximum absolute atomic E-state index is 10.4. The van der Waals surface area contributed by atoms with Gasteiger partial charge in [0.2, 0.25) is 0 Å². The molecule has 2 N–H and O–H groups in total. The lowest BCUT2D eigenvalue weighted by molar-refractivity contribution is 0.153. The first-order chi connectivity index (χ1) is 5.59. The average molecular weight is 169 g/mol. The van der Waals surface area contributed by atoms with Crippen LogP contribution in [-0.4, -0.2) is 33.3 Å². The Kier molecular flexibility index (Phi) is 2.32. The molecular formula is C7H11N3O2. The molecule has 1 aromatic heterocycles. The van der Waals surface area contributed by atoms with Crippen LogP contribution in [-0.2, 0) is 6.54 Å². The third-order valence-corrected chi connectivity index (χ3v) is 1.48. The van der Waals surface area contributed by atoms with Crippen LogP contribution >= 0.6 is 0 Å². The van der Waals surface area contributed by atoms with Crippen molar-refractivity contribution < 1.29 is 9.90 Å². The zero-order chi connectivity index (χ0) is 9.14. The Balaban J connectivity index is 2.58. The molecule has 1 aromatic rings. The van der Waals surface area contributed by atoms with Crippen molar-refractivity contribution >= 4 is 6.09 Å². The summed E-state index contributed by atoms with van der Waals surface area (Å²) in [4.78, 5) is 11.6. The normalized spacial score (nSPS) is 9.83. The highest BCUT2D eigenvalue weighted by Gasteiger charge is 2.07. The minimum Gasteiger partial charge on any atom is -0.465 e. The monoisotopic (exact) mass is 169 g/mol. The molecule has 5 heteroatoms. The second-order valence-electron chi connectivity index (χ2n) is 2.68. The standard InChI is InChI=1S/C7H11N3O2/c1-5-3-6(9-8-5)4-10(2)7(11)12/h3H,4H2,1-2H3,(H,8,9)(H,11,12). The fourth-order valence-corrected chi connectivity index (χ4v) is 0.866. The van der Waals surface area contributed by atoms with Crippen LogP contribution in [0, 0.1) is 6.92 Å². The molecule has 0 aliphatic carbocycles. The number of aromatic amines is 1. The Morgan fingerprint density at radius 1 is 1.83 bits per heavy atom. The van der Waals surface area contributed by atoms with Gasteiger partial charge in [0, 0.05) is 12.7 Å². The van der Waals surface area contributed by atoms with E-state index in [2.05, 4.69) is 10.2 Å². The molecule has 1 heterocycles. The first-order valence-electron chi connectivity index (χ1n) is 3.54. The second-order valence-corrected chi connectivity index (χ2v) is 2.68. The van der Waals surface area contributed by atoms with Crippen LogP contribution in [0.25, 0.3) is 0 Å². The molecule has 0 unspecified atom stereocenters. The largest absolute Gasteiger partial charge is 0.465 e. The van der Waals surface area contributed by atoms with Gasteiger partial charge in [0.25, 0.3) is 0 Å². The highest BCUT2D eigenvalue weighted by atomic mass is 16.4. The number of nitrogens with one attached hydrogen (secondary N) is 1. The van der Waals surface area contributed by atoms with E-state index >= 15 is 0 Å². The lowest BCUT2D eigenvalue weighted by atomic mass is 10.3. The summed E-state index contributed by atoms with van der Waals surface area (Å²) in [6, 6.07) is 1.82. The van der Waals surface area contributed by atoms with Crippen molar-refractivity contribution in [3.8, 4) is 0 Å². The number of carbonyl (C=O) groups is 1. The average Bonchev–Trinajstić information content (AvgIpc) is 2.35. The van der Waals surface area contributed by atoms with Crippen LogP contribution in [0.5, 0.6) is 0 Å². The number of nitrogens with zero attached hydrogens (tertiary/aromatic N) is 2. The molecule has 12 heavy (non-hydrogen) atoms. The van der Waals surface area contributed by atoms with Crippen molar-refractivity contribution in [1.82, 2.24) is 15.1 Å². The fourth-order valence-electron chi connectivity index (χ4n) is 0.866. The quantitative estimate of drug-likeness (QED) is 0.688. The molecule has 1 rings (SSSR count). The van der Waals surface area contributed by atoms with E-state index in [9.17, 15) is 4.79 Å². The Morgan fingerprint density at radius 3 is 2.92 bits per heavy atom. The lowest BCUT2D eigenvalue weighted by Crippen LogP contribution is -2.24. The molecule has 0 aliphatic rings. The summed E-state index contributed by atoms with van der Waals surface area (Å²) >= 11 is 0. The van der Waals surface area contributed by atoms with Crippen LogP contribution < -0.4 is 0 Å². The predicted molar refractivity (Wildman–Crippen MR) is 42.8 cm³/mol. The number of aromatic nitrogens is 2. The summed E-state index contributed by atoms with van der Waals surface area (Å²) in [6.07, 6.45) is -0.948. The van der Waals surface area contributed by atoms with Crippen LogP contribution in [0.3, 0.4) is 0 Å². The minimum absolute atomic E-state index is 0.319. The summed E-state index contributed by atoms with van der Waals surface area (Å²) in [6.45, 7) is 2.19. The van der Waals surface area contributed by atoms with Gasteiger partial charge in [-0.1, -0.05) is 0 Å². The van der Waals surface area contributed by atoms with Crippen molar-refractivity contribution in [2.45, 2.75) is 13.5 Å². The lowest BCUT2D eigenvalue weighted by Gasteiger charge is -2.09. The number of hydrogen-bond acceptors (Lipinski definition) is 2. The smallest absolute Gasteiger partial charge is 0.407 e. The molecule has 0 bridgehead atoms. The van der Waals surface area contributed by atoms with E-state index in [1.165, 1.54) is 11.9 Å². The molecule has 0 saturated heterocycles. The van der Waals surface area contributed by atoms with Crippen LogP contribution in [0.1, 0.15) is 11.4 Å². The summed E-state index contributed by atoms with van der Waals surface area (Å²) < 4.78 is 0. The van der Waals surface area contributed by atoms with Gasteiger partial charge in [0.15, 0.2) is 0 Å². The topological polar surface area (TPSA) is 69.2 Å². The van der Waals surface area contributed by atoms with Gasteiger partial charge in [-0.3, -0.25) is 5.10 Å². The highest BCUT2D eigenvalue weighted by molar-refractivity contribution is 5.64. The molecule has 0 atom stereocenters. The summed E-state index contributed by atoms with van der Waals surface area (Å²) in [5.41, 5.74) is 1.67. The van der Waals surface area contributed by atoms with Crippen molar-refractivity contribution in [2.75, 3.05) is 7.05 Å². The third kappa shape index (κ3) is 1.98. The highest BCUT2D eigenvalue weighted by Crippen LogP contribution is 2.01. The molecule has 5 nitrogen and oxygen atoms in total. The Morgan fingerprint density at radius 2 is 2.50 bits per heavy atom. The Hall–Kier alpha value is -1.52. The van der Waals surface area contributed by atoms with E-state index in [4.69, 9.17) is 5.11 Å². The maximum Gasteiger partial charge on any atom is 0.407 e. The number of rotatable bonds is 2. The number of H-pyrrole nitrogens is 1. The molecule has 0 radical (unpaired) electrons. The SMILES string of the molecule is Cc1cc(CN(C)C(=O)O)n[nH]1. The van der Waals surface area contributed by atoms with Crippen molar-refractivity contribution in [3.63, 3.8) is 0 Å². The molecule has 0 aliphatic heterocycles. The Bertz CT molecular complexity index is 282. The second kappa shape index (κ2) is 3.25. The Labute approximate surface area is 70.0 Å². The van der Waals surface area contributed by atoms with Crippen LogP contribution in [0.4, 0.5) is 4.79 Å². The third-order valence-electron chi connectivity index (χ3n) is 1.48. The van der Waals surface area contributed by atoms with Gasteiger partial charge >= 0.3 is 6.09 Å². The van der Waals surface area contributed by atoms with E-state index in [0.717, 1.165) is 11.4 Å². The summed E-state index contributed by atoms with van der Waals surface area (Å²) in [7, 11) is 1.51.